The monoisotopic (exact) mass is 439 g/mol. The van der Waals surface area contributed by atoms with E-state index >= 15 is 0 Å². The van der Waals surface area contributed by atoms with Gasteiger partial charge in [0, 0.05) is 0 Å². The lowest BCUT2D eigenvalue weighted by atomic mass is 10.9. The largest absolute Gasteiger partial charge is 0.450 e. The van der Waals surface area contributed by atoms with E-state index in [9.17, 15) is 19.2 Å². The van der Waals surface area contributed by atoms with E-state index in [4.69, 9.17) is 18.9 Å². The highest BCUT2D eigenvalue weighted by Gasteiger charge is 2.40. The van der Waals surface area contributed by atoms with Crippen molar-refractivity contribution in [2.45, 2.75) is 27.7 Å². The predicted molar refractivity (Wildman–Crippen MR) is 107 cm³/mol. The summed E-state index contributed by atoms with van der Waals surface area (Å²) in [5.74, 6) is 0. The van der Waals surface area contributed by atoms with Gasteiger partial charge in [0.2, 0.25) is 0 Å². The van der Waals surface area contributed by atoms with Crippen LogP contribution in [0.5, 0.6) is 0 Å². The van der Waals surface area contributed by atoms with Gasteiger partial charge in [0.1, 0.15) is 25.1 Å². The molecule has 0 fully saturated rings. The predicted octanol–water partition coefficient (Wildman–Crippen LogP) is 1.82. The van der Waals surface area contributed by atoms with Crippen LogP contribution in [0.4, 0.5) is 19.2 Å². The molecule has 4 N–H and O–H groups in total. The third-order valence-electron chi connectivity index (χ3n) is 3.34. The maximum Gasteiger partial charge on any atom is 0.409 e. The van der Waals surface area contributed by atoms with Crippen molar-refractivity contribution in [3.63, 3.8) is 0 Å². The molecule has 0 rings (SSSR count). The quantitative estimate of drug-likeness (QED) is 0.265. The third kappa shape index (κ3) is 12.6. The molecule has 0 aliphatic heterocycles. The molecule has 29 heavy (non-hydrogen) atoms. The summed E-state index contributed by atoms with van der Waals surface area (Å²) in [4.78, 5) is 47.0. The number of hydrogen-bond acceptors (Lipinski definition) is 8. The van der Waals surface area contributed by atoms with Crippen LogP contribution in [0.2, 0.25) is 0 Å². The first-order chi connectivity index (χ1) is 13.8. The Morgan fingerprint density at radius 1 is 0.517 bits per heavy atom. The van der Waals surface area contributed by atoms with E-state index in [0.717, 1.165) is 0 Å². The van der Waals surface area contributed by atoms with Gasteiger partial charge in [-0.15, -0.1) is 0 Å². The van der Waals surface area contributed by atoms with Crippen LogP contribution in [-0.2, 0) is 18.9 Å². The average Bonchev–Trinajstić information content (AvgIpc) is 2.68. The van der Waals surface area contributed by atoms with Crippen molar-refractivity contribution in [2.24, 2.45) is 0 Å². The topological polar surface area (TPSA) is 153 Å². The highest BCUT2D eigenvalue weighted by molar-refractivity contribution is 7.75. The minimum Gasteiger partial charge on any atom is -0.450 e. The number of amides is 4. The second-order valence-electron chi connectivity index (χ2n) is 5.56. The first-order valence-electron chi connectivity index (χ1n) is 9.30. The fourth-order valence-corrected chi connectivity index (χ4v) is 4.52. The number of rotatable bonds is 12. The summed E-state index contributed by atoms with van der Waals surface area (Å²) in [6.07, 6.45) is -2.34. The molecule has 0 aliphatic carbocycles. The van der Waals surface area contributed by atoms with Crippen molar-refractivity contribution in [2.75, 3.05) is 51.6 Å². The van der Waals surface area contributed by atoms with Crippen LogP contribution in [-0.4, -0.2) is 75.9 Å². The van der Waals surface area contributed by atoms with Gasteiger partial charge in [0.25, 0.3) is 0 Å². The Hall–Kier alpha value is -2.49. The molecule has 168 valence electrons. The standard InChI is InChI=1S/C16H31N4O8P/c1-5-25-13(21)17-9-29(10-18-14(22)26-6-2,11-19-15(23)27-7-3)12-20-16(24)28-8-4/h5-12H2,1-4H3,(H3-,17,18,19,20,21,22,23,24)/p+1. The Bertz CT molecular complexity index is 442. The molecule has 13 heteroatoms. The summed E-state index contributed by atoms with van der Waals surface area (Å²) in [6.45, 7) is 7.37. The van der Waals surface area contributed by atoms with Crippen LogP contribution in [0.15, 0.2) is 0 Å². The first-order valence-corrected chi connectivity index (χ1v) is 11.8. The summed E-state index contributed by atoms with van der Waals surface area (Å²) in [6, 6.07) is 0. The highest BCUT2D eigenvalue weighted by atomic mass is 31.2. The van der Waals surface area contributed by atoms with E-state index in [1.165, 1.54) is 0 Å². The molecule has 0 atom stereocenters. The molecule has 0 heterocycles. The summed E-state index contributed by atoms with van der Waals surface area (Å²) in [7, 11) is -2.45. The van der Waals surface area contributed by atoms with Crippen LogP contribution in [0.3, 0.4) is 0 Å². The van der Waals surface area contributed by atoms with Gasteiger partial charge in [0.05, 0.1) is 33.7 Å². The van der Waals surface area contributed by atoms with Crippen LogP contribution in [0, 0.1) is 0 Å². The molecule has 0 saturated carbocycles. The van der Waals surface area contributed by atoms with Crippen molar-refractivity contribution in [1.82, 2.24) is 21.3 Å². The van der Waals surface area contributed by atoms with Gasteiger partial charge in [-0.3, -0.25) is 21.3 Å². The zero-order chi connectivity index (χ0) is 22.1. The zero-order valence-corrected chi connectivity index (χ0v) is 18.3. The Balaban J connectivity index is 5.35. The van der Waals surface area contributed by atoms with Gasteiger partial charge in [-0.25, -0.2) is 19.2 Å². The number of nitrogens with one attached hydrogen (secondary N) is 4. The second kappa shape index (κ2) is 15.4. The van der Waals surface area contributed by atoms with Crippen molar-refractivity contribution >= 4 is 31.6 Å². The highest BCUT2D eigenvalue weighted by Crippen LogP contribution is 2.54. The number of carbonyl (C=O) groups is 4. The van der Waals surface area contributed by atoms with E-state index in [-0.39, 0.29) is 51.6 Å². The molecule has 0 aromatic carbocycles. The molecule has 0 saturated heterocycles. The van der Waals surface area contributed by atoms with Crippen LogP contribution in [0.25, 0.3) is 0 Å². The fraction of sp³-hybridized carbons (Fsp3) is 0.750. The number of ether oxygens (including phenoxy) is 4. The molecule has 0 spiro atoms. The van der Waals surface area contributed by atoms with Gasteiger partial charge in [-0.2, -0.15) is 0 Å². The van der Waals surface area contributed by atoms with Crippen LogP contribution >= 0.6 is 7.26 Å². The lowest BCUT2D eigenvalue weighted by molar-refractivity contribution is 0.153. The minimum atomic E-state index is -2.45. The fourth-order valence-electron chi connectivity index (χ4n) is 1.99. The SMILES string of the molecule is CCOC(=O)NC[P+](CNC(=O)OCC)(CNC(=O)OCC)CNC(=O)OCC. The second-order valence-corrected chi connectivity index (χ2v) is 9.51. The van der Waals surface area contributed by atoms with Crippen LogP contribution < -0.4 is 21.3 Å². The number of carbonyl (C=O) groups excluding carboxylic acids is 4. The molecule has 0 aliphatic rings. The van der Waals surface area contributed by atoms with E-state index in [2.05, 4.69) is 21.3 Å². The lowest BCUT2D eigenvalue weighted by Crippen LogP contribution is -2.42. The van der Waals surface area contributed by atoms with Gasteiger partial charge >= 0.3 is 24.4 Å². The van der Waals surface area contributed by atoms with Gasteiger partial charge in [-0.05, 0) is 27.7 Å². The number of alkyl carbamates (subject to hydrolysis) is 4. The lowest BCUT2D eigenvalue weighted by Gasteiger charge is -2.27. The van der Waals surface area contributed by atoms with E-state index in [1.54, 1.807) is 27.7 Å². The maximum atomic E-state index is 11.8. The van der Waals surface area contributed by atoms with E-state index in [0.29, 0.717) is 0 Å². The van der Waals surface area contributed by atoms with E-state index in [1.807, 2.05) is 0 Å². The van der Waals surface area contributed by atoms with Crippen molar-refractivity contribution in [3.8, 4) is 0 Å². The van der Waals surface area contributed by atoms with Crippen molar-refractivity contribution < 1.29 is 38.1 Å². The summed E-state index contributed by atoms with van der Waals surface area (Å²) in [5, 5.41) is 10.4. The average molecular weight is 439 g/mol. The molecule has 0 unspecified atom stereocenters. The molecular formula is C16H32N4O8P+. The van der Waals surface area contributed by atoms with Gasteiger partial charge < -0.3 is 18.9 Å². The summed E-state index contributed by atoms with van der Waals surface area (Å²) in [5.41, 5.74) is 0. The smallest absolute Gasteiger partial charge is 0.409 e. The Morgan fingerprint density at radius 3 is 0.897 bits per heavy atom. The Kier molecular flexibility index (Phi) is 14.1. The summed E-state index contributed by atoms with van der Waals surface area (Å²) >= 11 is 0. The molecule has 0 aromatic rings. The Morgan fingerprint density at radius 2 is 0.724 bits per heavy atom. The number of hydrogen-bond donors (Lipinski definition) is 4. The van der Waals surface area contributed by atoms with Crippen molar-refractivity contribution in [3.05, 3.63) is 0 Å². The normalized spacial score (nSPS) is 10.3. The van der Waals surface area contributed by atoms with Crippen molar-refractivity contribution in [1.29, 1.82) is 0 Å². The molecule has 4 amide bonds. The first kappa shape index (κ1) is 26.5. The summed E-state index contributed by atoms with van der Waals surface area (Å²) < 4.78 is 19.4. The van der Waals surface area contributed by atoms with E-state index < -0.39 is 31.6 Å². The molecule has 0 aromatic heterocycles. The molecular weight excluding hydrogens is 407 g/mol. The minimum absolute atomic E-state index is 0.0665. The maximum absolute atomic E-state index is 11.8. The molecule has 0 bridgehead atoms. The van der Waals surface area contributed by atoms with Gasteiger partial charge in [0.15, 0.2) is 0 Å². The molecule has 0 radical (unpaired) electrons. The zero-order valence-electron chi connectivity index (χ0n) is 17.4. The van der Waals surface area contributed by atoms with Crippen LogP contribution in [0.1, 0.15) is 27.7 Å². The third-order valence-corrected chi connectivity index (χ3v) is 6.65. The Labute approximate surface area is 171 Å². The van der Waals surface area contributed by atoms with Gasteiger partial charge in [-0.1, -0.05) is 0 Å². The molecule has 12 nitrogen and oxygen atoms in total.